The molecule has 0 unspecified atom stereocenters. The summed E-state index contributed by atoms with van der Waals surface area (Å²) in [6.45, 7) is 3.38. The number of rotatable bonds is 8. The number of hydrogen-bond donors (Lipinski definition) is 4. The van der Waals surface area contributed by atoms with Crippen LogP contribution in [0.3, 0.4) is 0 Å². The third-order valence-corrected chi connectivity index (χ3v) is 2.50. The second-order valence-corrected chi connectivity index (χ2v) is 4.24. The zero-order valence-corrected chi connectivity index (χ0v) is 10.2. The van der Waals surface area contributed by atoms with E-state index in [1.807, 2.05) is 0 Å². The summed E-state index contributed by atoms with van der Waals surface area (Å²) in [5, 5.41) is 18.3. The van der Waals surface area contributed by atoms with E-state index >= 15 is 0 Å². The van der Waals surface area contributed by atoms with E-state index in [4.69, 9.17) is 16.2 Å². The van der Waals surface area contributed by atoms with Gasteiger partial charge in [-0.3, -0.25) is 4.79 Å². The third-order valence-electron chi connectivity index (χ3n) is 2.50. The predicted molar refractivity (Wildman–Crippen MR) is 64.9 cm³/mol. The predicted octanol–water partition coefficient (Wildman–Crippen LogP) is 1.05. The van der Waals surface area contributed by atoms with Crippen LogP contribution in [0, 0.1) is 5.41 Å². The molecule has 0 saturated heterocycles. The Bertz CT molecular complexity index is 314. The molecule has 0 amide bonds. The fourth-order valence-electron chi connectivity index (χ4n) is 1.09. The van der Waals surface area contributed by atoms with Crippen LogP contribution in [0.25, 0.3) is 0 Å². The molecule has 0 bridgehead atoms. The minimum atomic E-state index is -1.33. The molecule has 0 radical (unpaired) electrons. The summed E-state index contributed by atoms with van der Waals surface area (Å²) in [5.74, 6) is -1.42. The maximum absolute atomic E-state index is 13.4. The molecule has 5 N–H and O–H groups in total. The van der Waals surface area contributed by atoms with E-state index in [-0.39, 0.29) is 18.8 Å². The summed E-state index contributed by atoms with van der Waals surface area (Å²) in [7, 11) is 0. The Morgan fingerprint density at radius 2 is 2.24 bits per heavy atom. The number of allylic oxidation sites excluding steroid dienone is 1. The lowest BCUT2D eigenvalue weighted by atomic mass is 9.94. The summed E-state index contributed by atoms with van der Waals surface area (Å²) >= 11 is 0. The molecule has 5 nitrogen and oxygen atoms in total. The normalized spacial score (nSPS) is 16.0. The summed E-state index contributed by atoms with van der Waals surface area (Å²) < 4.78 is 13.4. The molecule has 0 aliphatic heterocycles. The van der Waals surface area contributed by atoms with Gasteiger partial charge < -0.3 is 21.6 Å². The molecule has 0 aromatic heterocycles. The lowest BCUT2D eigenvalue weighted by Gasteiger charge is -2.19. The number of carbonyl (C=O) groups is 1. The van der Waals surface area contributed by atoms with Crippen molar-refractivity contribution in [3.05, 3.63) is 11.4 Å². The highest BCUT2D eigenvalue weighted by Gasteiger charge is 2.27. The van der Waals surface area contributed by atoms with Gasteiger partial charge in [0.2, 0.25) is 0 Å². The fourth-order valence-corrected chi connectivity index (χ4v) is 1.09. The van der Waals surface area contributed by atoms with Crippen molar-refractivity contribution >= 4 is 12.2 Å². The number of halogens is 1. The van der Waals surface area contributed by atoms with E-state index < -0.39 is 11.5 Å². The Morgan fingerprint density at radius 1 is 1.65 bits per heavy atom. The molecule has 1 atom stereocenters. The maximum atomic E-state index is 13.4. The lowest BCUT2D eigenvalue weighted by Crippen LogP contribution is -2.44. The molecule has 0 spiro atoms. The van der Waals surface area contributed by atoms with Crippen molar-refractivity contribution in [2.45, 2.75) is 32.2 Å². The van der Waals surface area contributed by atoms with Crippen LogP contribution in [0.5, 0.6) is 0 Å². The molecular weight excluding hydrogens is 225 g/mol. The number of nitrogens with two attached hydrogens (primary N) is 1. The second-order valence-electron chi connectivity index (χ2n) is 4.24. The van der Waals surface area contributed by atoms with E-state index in [1.54, 1.807) is 6.92 Å². The highest BCUT2D eigenvalue weighted by molar-refractivity contribution is 5.77. The van der Waals surface area contributed by atoms with Gasteiger partial charge in [0.25, 0.3) is 0 Å². The van der Waals surface area contributed by atoms with Gasteiger partial charge in [-0.2, -0.15) is 0 Å². The van der Waals surface area contributed by atoms with Crippen LogP contribution in [0.1, 0.15) is 26.7 Å². The largest absolute Gasteiger partial charge is 0.480 e. The van der Waals surface area contributed by atoms with Crippen molar-refractivity contribution in [1.82, 2.24) is 5.32 Å². The van der Waals surface area contributed by atoms with Gasteiger partial charge in [0, 0.05) is 19.3 Å². The van der Waals surface area contributed by atoms with Crippen molar-refractivity contribution < 1.29 is 14.3 Å². The number of nitrogens with one attached hydrogen (secondary N) is 2. The Hall–Kier alpha value is -1.27. The maximum Gasteiger partial charge on any atom is 0.323 e. The molecule has 0 fully saturated rings. The van der Waals surface area contributed by atoms with Crippen LogP contribution in [-0.4, -0.2) is 35.9 Å². The van der Waals surface area contributed by atoms with Crippen molar-refractivity contribution in [1.29, 1.82) is 5.41 Å². The van der Waals surface area contributed by atoms with Crippen LogP contribution in [-0.2, 0) is 4.79 Å². The smallest absolute Gasteiger partial charge is 0.323 e. The lowest BCUT2D eigenvalue weighted by molar-refractivity contribution is -0.142. The Balaban J connectivity index is 4.23. The molecule has 6 heteroatoms. The van der Waals surface area contributed by atoms with Gasteiger partial charge in [0.1, 0.15) is 11.4 Å². The number of carboxylic acid groups (broad SMARTS) is 1. The first-order valence-corrected chi connectivity index (χ1v) is 5.37. The first-order chi connectivity index (χ1) is 7.81. The number of aliphatic carboxylic acids is 1. The van der Waals surface area contributed by atoms with Crippen LogP contribution in [0.2, 0.25) is 0 Å². The van der Waals surface area contributed by atoms with Crippen molar-refractivity contribution in [2.24, 2.45) is 5.73 Å². The van der Waals surface area contributed by atoms with Gasteiger partial charge in [-0.25, -0.2) is 4.39 Å². The quantitative estimate of drug-likeness (QED) is 0.379. The van der Waals surface area contributed by atoms with Gasteiger partial charge in [-0.1, -0.05) is 0 Å². The van der Waals surface area contributed by atoms with Gasteiger partial charge in [-0.05, 0) is 32.3 Å². The average Bonchev–Trinajstić information content (AvgIpc) is 2.26. The first kappa shape index (κ1) is 15.7. The summed E-state index contributed by atoms with van der Waals surface area (Å²) in [6.07, 6.45) is 1.63. The molecule has 0 aromatic rings. The molecule has 17 heavy (non-hydrogen) atoms. The highest BCUT2D eigenvalue weighted by Crippen LogP contribution is 2.17. The fraction of sp³-hybridized carbons (Fsp3) is 0.636. The highest BCUT2D eigenvalue weighted by atomic mass is 19.1. The van der Waals surface area contributed by atoms with Crippen LogP contribution in [0.4, 0.5) is 4.39 Å². The van der Waals surface area contributed by atoms with Gasteiger partial charge in [0.15, 0.2) is 0 Å². The molecule has 0 rings (SSSR count). The Morgan fingerprint density at radius 3 is 2.71 bits per heavy atom. The van der Waals surface area contributed by atoms with E-state index in [0.29, 0.717) is 18.5 Å². The van der Waals surface area contributed by atoms with Gasteiger partial charge in [-0.15, -0.1) is 0 Å². The average molecular weight is 245 g/mol. The monoisotopic (exact) mass is 245 g/mol. The zero-order chi connectivity index (χ0) is 13.5. The summed E-state index contributed by atoms with van der Waals surface area (Å²) in [4.78, 5) is 10.7. The molecule has 0 saturated carbocycles. The van der Waals surface area contributed by atoms with Crippen molar-refractivity contribution in [3.63, 3.8) is 0 Å². The van der Waals surface area contributed by atoms with E-state index in [2.05, 4.69) is 5.32 Å². The van der Waals surface area contributed by atoms with E-state index in [0.717, 1.165) is 6.21 Å². The first-order valence-electron chi connectivity index (χ1n) is 5.37. The van der Waals surface area contributed by atoms with Gasteiger partial charge in [0.05, 0.1) is 0 Å². The van der Waals surface area contributed by atoms with Gasteiger partial charge >= 0.3 is 5.97 Å². The topological polar surface area (TPSA) is 99.2 Å². The SMILES string of the molecule is C/C(CC[C@](C)(N)C(=O)O)=C(/F)CNCC=N. The van der Waals surface area contributed by atoms with Crippen molar-refractivity contribution in [2.75, 3.05) is 13.1 Å². The summed E-state index contributed by atoms with van der Waals surface area (Å²) in [5.41, 5.74) is 4.70. The molecule has 0 aromatic carbocycles. The number of carboxylic acids is 1. The Labute approximate surface area is 100 Å². The van der Waals surface area contributed by atoms with E-state index in [1.165, 1.54) is 6.92 Å². The molecule has 0 heterocycles. The standard InChI is InChI=1S/C11H20FN3O2/c1-8(9(12)7-15-6-5-13)3-4-11(2,14)10(16)17/h5,13,15H,3-4,6-7,14H2,1-2H3,(H,16,17)/b9-8-,13-5?/t11-/m0/s1. The summed E-state index contributed by atoms with van der Waals surface area (Å²) in [6, 6.07) is 0. The van der Waals surface area contributed by atoms with Crippen LogP contribution < -0.4 is 11.1 Å². The molecular formula is C11H20FN3O2. The zero-order valence-electron chi connectivity index (χ0n) is 10.2. The Kier molecular flexibility index (Phi) is 6.60. The van der Waals surface area contributed by atoms with E-state index in [9.17, 15) is 9.18 Å². The third kappa shape index (κ3) is 6.13. The van der Waals surface area contributed by atoms with Crippen molar-refractivity contribution in [3.8, 4) is 0 Å². The minimum Gasteiger partial charge on any atom is -0.480 e. The van der Waals surface area contributed by atoms with Crippen LogP contribution in [0.15, 0.2) is 11.4 Å². The molecule has 98 valence electrons. The molecule has 0 aliphatic carbocycles. The minimum absolute atomic E-state index is 0.0512. The molecule has 0 aliphatic rings. The second kappa shape index (κ2) is 7.13. The van der Waals surface area contributed by atoms with Crippen LogP contribution >= 0.6 is 0 Å². The number of hydrogen-bond acceptors (Lipinski definition) is 4.